The summed E-state index contributed by atoms with van der Waals surface area (Å²) in [6.07, 6.45) is 0. The van der Waals surface area contributed by atoms with Crippen LogP contribution in [0.4, 0.5) is 0 Å². The van der Waals surface area contributed by atoms with E-state index in [4.69, 9.17) is 21.4 Å². The van der Waals surface area contributed by atoms with Gasteiger partial charge >= 0.3 is 5.97 Å². The molecule has 3 aromatic rings. The van der Waals surface area contributed by atoms with E-state index < -0.39 is 11.6 Å². The maximum Gasteiger partial charge on any atom is 0.347 e. The first-order valence-corrected chi connectivity index (χ1v) is 7.83. The summed E-state index contributed by atoms with van der Waals surface area (Å²) >= 11 is 6.25. The van der Waals surface area contributed by atoms with E-state index in [0.717, 1.165) is 22.2 Å². The Hall–Kier alpha value is -2.53. The van der Waals surface area contributed by atoms with Crippen LogP contribution >= 0.6 is 11.6 Å². The molecule has 0 bridgehead atoms. The number of aliphatic carboxylic acids is 1. The van der Waals surface area contributed by atoms with Gasteiger partial charge in [-0.3, -0.25) is 0 Å². The minimum absolute atomic E-state index is 0.319. The number of aromatic amines is 1. The molecule has 0 aliphatic heterocycles. The molecule has 2 aromatic carbocycles. The molecule has 1 heterocycles. The Bertz CT molecular complexity index is 931. The van der Waals surface area contributed by atoms with E-state index in [9.17, 15) is 4.79 Å². The molecule has 24 heavy (non-hydrogen) atoms. The van der Waals surface area contributed by atoms with Crippen LogP contribution in [-0.2, 0) is 4.79 Å². The molecular formula is C18H17ClN2O3. The fraction of sp³-hybridized carbons (Fsp3) is 0.222. The molecule has 0 aliphatic carbocycles. The van der Waals surface area contributed by atoms with Crippen LogP contribution < -0.4 is 4.74 Å². The summed E-state index contributed by atoms with van der Waals surface area (Å²) in [6, 6.07) is 11.1. The number of aryl methyl sites for hydroxylation is 1. The number of carboxylic acids is 1. The minimum Gasteiger partial charge on any atom is -0.478 e. The number of imidazole rings is 1. The summed E-state index contributed by atoms with van der Waals surface area (Å²) in [5.74, 6) is -0.0448. The van der Waals surface area contributed by atoms with Crippen molar-refractivity contribution in [2.45, 2.75) is 26.4 Å². The van der Waals surface area contributed by atoms with E-state index in [-0.39, 0.29) is 0 Å². The van der Waals surface area contributed by atoms with Gasteiger partial charge in [-0.15, -0.1) is 0 Å². The first-order chi connectivity index (χ1) is 11.3. The highest BCUT2D eigenvalue weighted by Crippen LogP contribution is 2.32. The number of aromatic nitrogens is 2. The van der Waals surface area contributed by atoms with Crippen LogP contribution in [-0.4, -0.2) is 26.6 Å². The van der Waals surface area contributed by atoms with E-state index in [2.05, 4.69) is 9.97 Å². The maximum atomic E-state index is 11.2. The first kappa shape index (κ1) is 16.3. The lowest BCUT2D eigenvalue weighted by Gasteiger charge is -2.22. The Labute approximate surface area is 144 Å². The average Bonchev–Trinajstić information content (AvgIpc) is 2.92. The average molecular weight is 345 g/mol. The number of hydrogen-bond donors (Lipinski definition) is 2. The zero-order chi connectivity index (χ0) is 17.5. The number of hydrogen-bond acceptors (Lipinski definition) is 3. The molecular weight excluding hydrogens is 328 g/mol. The van der Waals surface area contributed by atoms with Crippen molar-refractivity contribution in [3.8, 4) is 17.1 Å². The Morgan fingerprint density at radius 2 is 2.00 bits per heavy atom. The van der Waals surface area contributed by atoms with Crippen molar-refractivity contribution < 1.29 is 14.6 Å². The second kappa shape index (κ2) is 5.83. The van der Waals surface area contributed by atoms with Gasteiger partial charge in [0.15, 0.2) is 5.60 Å². The van der Waals surface area contributed by atoms with Gasteiger partial charge in [0.2, 0.25) is 0 Å². The van der Waals surface area contributed by atoms with Crippen molar-refractivity contribution in [2.24, 2.45) is 0 Å². The molecule has 0 unspecified atom stereocenters. The summed E-state index contributed by atoms with van der Waals surface area (Å²) in [5, 5.41) is 9.48. The smallest absolute Gasteiger partial charge is 0.347 e. The van der Waals surface area contributed by atoms with Crippen LogP contribution in [0.5, 0.6) is 5.75 Å². The summed E-state index contributed by atoms with van der Waals surface area (Å²) < 4.78 is 5.50. The zero-order valence-corrected chi connectivity index (χ0v) is 14.3. The molecule has 124 valence electrons. The zero-order valence-electron chi connectivity index (χ0n) is 13.6. The Morgan fingerprint density at radius 1 is 1.25 bits per heavy atom. The molecule has 0 saturated carbocycles. The molecule has 0 atom stereocenters. The molecule has 0 spiro atoms. The summed E-state index contributed by atoms with van der Waals surface area (Å²) in [4.78, 5) is 19.0. The quantitative estimate of drug-likeness (QED) is 0.734. The van der Waals surface area contributed by atoms with Crippen LogP contribution in [0.2, 0.25) is 5.02 Å². The molecule has 3 rings (SSSR count). The standard InChI is InChI=1S/C18H17ClN2O3/c1-10-4-6-13-14(8-10)21-16(20-13)11-5-7-15(12(19)9-11)24-18(2,3)17(22)23/h4-9H,1-3H3,(H,20,21)(H,22,23). The SMILES string of the molecule is Cc1ccc2nc(-c3ccc(OC(C)(C)C(=O)O)c(Cl)c3)[nH]c2c1. The minimum atomic E-state index is -1.36. The molecule has 0 saturated heterocycles. The number of halogens is 1. The highest BCUT2D eigenvalue weighted by Gasteiger charge is 2.30. The molecule has 1 aromatic heterocycles. The van der Waals surface area contributed by atoms with Gasteiger partial charge in [-0.25, -0.2) is 9.78 Å². The van der Waals surface area contributed by atoms with Gasteiger partial charge < -0.3 is 14.8 Å². The van der Waals surface area contributed by atoms with E-state index >= 15 is 0 Å². The molecule has 0 fully saturated rings. The maximum absolute atomic E-state index is 11.2. The van der Waals surface area contributed by atoms with Gasteiger partial charge in [-0.05, 0) is 56.7 Å². The molecule has 5 nitrogen and oxygen atoms in total. The number of ether oxygens (including phenoxy) is 1. The highest BCUT2D eigenvalue weighted by molar-refractivity contribution is 6.32. The molecule has 0 amide bonds. The number of fused-ring (bicyclic) bond motifs is 1. The number of carbonyl (C=O) groups is 1. The highest BCUT2D eigenvalue weighted by atomic mass is 35.5. The fourth-order valence-electron chi connectivity index (χ4n) is 2.31. The van der Waals surface area contributed by atoms with Crippen molar-refractivity contribution in [3.63, 3.8) is 0 Å². The Kier molecular flexibility index (Phi) is 3.97. The molecule has 0 aliphatic rings. The van der Waals surface area contributed by atoms with Gasteiger partial charge in [0.05, 0.1) is 16.1 Å². The lowest BCUT2D eigenvalue weighted by atomic mass is 10.1. The fourth-order valence-corrected chi connectivity index (χ4v) is 2.53. The monoisotopic (exact) mass is 344 g/mol. The van der Waals surface area contributed by atoms with Crippen LogP contribution in [0.3, 0.4) is 0 Å². The Balaban J connectivity index is 1.95. The number of nitrogens with zero attached hydrogens (tertiary/aromatic N) is 1. The predicted octanol–water partition coefficient (Wildman–Crippen LogP) is 4.43. The molecule has 2 N–H and O–H groups in total. The Morgan fingerprint density at radius 3 is 2.67 bits per heavy atom. The first-order valence-electron chi connectivity index (χ1n) is 7.45. The largest absolute Gasteiger partial charge is 0.478 e. The van der Waals surface area contributed by atoms with Gasteiger partial charge in [0.25, 0.3) is 0 Å². The second-order valence-electron chi connectivity index (χ2n) is 6.17. The van der Waals surface area contributed by atoms with Crippen LogP contribution in [0.15, 0.2) is 36.4 Å². The van der Waals surface area contributed by atoms with Crippen molar-refractivity contribution in [1.82, 2.24) is 9.97 Å². The predicted molar refractivity (Wildman–Crippen MR) is 93.6 cm³/mol. The lowest BCUT2D eigenvalue weighted by Crippen LogP contribution is -2.37. The third kappa shape index (κ3) is 3.08. The van der Waals surface area contributed by atoms with E-state index in [1.165, 1.54) is 13.8 Å². The van der Waals surface area contributed by atoms with Gasteiger partial charge in [0.1, 0.15) is 11.6 Å². The van der Waals surface area contributed by atoms with Crippen LogP contribution in [0, 0.1) is 6.92 Å². The number of rotatable bonds is 4. The summed E-state index contributed by atoms with van der Waals surface area (Å²) in [6.45, 7) is 4.97. The van der Waals surface area contributed by atoms with Crippen LogP contribution in [0.25, 0.3) is 22.4 Å². The molecule has 0 radical (unpaired) electrons. The van der Waals surface area contributed by atoms with Gasteiger partial charge in [-0.2, -0.15) is 0 Å². The summed E-state index contributed by atoms with van der Waals surface area (Å²) in [5.41, 5.74) is 2.42. The van der Waals surface area contributed by atoms with Gasteiger partial charge in [-0.1, -0.05) is 17.7 Å². The number of nitrogens with one attached hydrogen (secondary N) is 1. The van der Waals surface area contributed by atoms with E-state index in [1.54, 1.807) is 18.2 Å². The van der Waals surface area contributed by atoms with E-state index in [0.29, 0.717) is 16.6 Å². The number of carboxylic acid groups (broad SMARTS) is 1. The van der Waals surface area contributed by atoms with Gasteiger partial charge in [0, 0.05) is 5.56 Å². The summed E-state index contributed by atoms with van der Waals surface area (Å²) in [7, 11) is 0. The number of H-pyrrole nitrogens is 1. The van der Waals surface area contributed by atoms with Crippen molar-refractivity contribution in [1.29, 1.82) is 0 Å². The lowest BCUT2D eigenvalue weighted by molar-refractivity contribution is -0.152. The topological polar surface area (TPSA) is 75.2 Å². The van der Waals surface area contributed by atoms with Crippen molar-refractivity contribution in [3.05, 3.63) is 47.0 Å². The third-order valence-electron chi connectivity index (χ3n) is 3.72. The number of benzene rings is 2. The molecule has 6 heteroatoms. The second-order valence-corrected chi connectivity index (χ2v) is 6.58. The van der Waals surface area contributed by atoms with Crippen molar-refractivity contribution >= 4 is 28.6 Å². The van der Waals surface area contributed by atoms with E-state index in [1.807, 2.05) is 25.1 Å². The normalized spacial score (nSPS) is 11.7. The third-order valence-corrected chi connectivity index (χ3v) is 4.02. The van der Waals surface area contributed by atoms with Crippen molar-refractivity contribution in [2.75, 3.05) is 0 Å². The van der Waals surface area contributed by atoms with Crippen LogP contribution in [0.1, 0.15) is 19.4 Å².